The highest BCUT2D eigenvalue weighted by molar-refractivity contribution is 6.32. The Morgan fingerprint density at radius 1 is 1.58 bits per heavy atom. The Balaban J connectivity index is 2.52. The zero-order valence-corrected chi connectivity index (χ0v) is 10.9. The topological polar surface area (TPSA) is 90.4 Å². The molecule has 100 valence electrons. The molecule has 2 aromatic rings. The molecule has 0 aliphatic carbocycles. The van der Waals surface area contributed by atoms with Crippen molar-refractivity contribution in [3.63, 3.8) is 0 Å². The van der Waals surface area contributed by atoms with Gasteiger partial charge in [-0.15, -0.1) is 0 Å². The van der Waals surface area contributed by atoms with Gasteiger partial charge in [0.25, 0.3) is 0 Å². The number of carbonyl (C=O) groups excluding carboxylic acids is 1. The minimum absolute atomic E-state index is 0.335. The largest absolute Gasteiger partial charge is 0.492 e. The van der Waals surface area contributed by atoms with E-state index in [0.717, 1.165) is 0 Å². The summed E-state index contributed by atoms with van der Waals surface area (Å²) in [6.45, 7) is 2.31. The van der Waals surface area contributed by atoms with Crippen molar-refractivity contribution >= 4 is 23.3 Å². The van der Waals surface area contributed by atoms with Gasteiger partial charge < -0.3 is 20.2 Å². The summed E-state index contributed by atoms with van der Waals surface area (Å²) in [5.41, 5.74) is 6.06. The predicted octanol–water partition coefficient (Wildman–Crippen LogP) is 2.88. The number of rotatable bonds is 4. The summed E-state index contributed by atoms with van der Waals surface area (Å²) in [6, 6.07) is 2.48. The van der Waals surface area contributed by atoms with Crippen molar-refractivity contribution in [1.29, 1.82) is 0 Å². The number of benzene rings is 1. The molecule has 1 heterocycles. The third-order valence-corrected chi connectivity index (χ3v) is 2.59. The first-order valence-corrected chi connectivity index (χ1v) is 5.92. The minimum atomic E-state index is -0.701. The Bertz CT molecular complexity index is 584. The van der Waals surface area contributed by atoms with E-state index in [1.165, 1.54) is 18.5 Å². The van der Waals surface area contributed by atoms with Crippen LogP contribution in [0, 0.1) is 0 Å². The van der Waals surface area contributed by atoms with Crippen molar-refractivity contribution in [2.24, 2.45) is 5.73 Å². The molecule has 19 heavy (non-hydrogen) atoms. The zero-order chi connectivity index (χ0) is 13.8. The van der Waals surface area contributed by atoms with E-state index in [2.05, 4.69) is 10.3 Å². The molecule has 6 nitrogen and oxygen atoms in total. The van der Waals surface area contributed by atoms with E-state index in [4.69, 9.17) is 26.5 Å². The van der Waals surface area contributed by atoms with Crippen LogP contribution in [0.25, 0.3) is 11.5 Å². The molecular formula is C12H12ClN3O3. The Hall–Kier alpha value is -2.21. The van der Waals surface area contributed by atoms with Crippen LogP contribution in [0.2, 0.25) is 5.02 Å². The number of carbonyl (C=O) groups is 1. The van der Waals surface area contributed by atoms with E-state index in [1.807, 2.05) is 6.92 Å². The highest BCUT2D eigenvalue weighted by atomic mass is 35.5. The Labute approximate surface area is 114 Å². The third-order valence-electron chi connectivity index (χ3n) is 2.29. The van der Waals surface area contributed by atoms with E-state index in [9.17, 15) is 4.79 Å². The number of urea groups is 1. The quantitative estimate of drug-likeness (QED) is 0.901. The maximum absolute atomic E-state index is 11.0. The molecule has 0 atom stereocenters. The van der Waals surface area contributed by atoms with Crippen LogP contribution < -0.4 is 15.8 Å². The lowest BCUT2D eigenvalue weighted by atomic mass is 10.1. The predicted molar refractivity (Wildman–Crippen MR) is 71.3 cm³/mol. The number of amides is 2. The van der Waals surface area contributed by atoms with Crippen LogP contribution in [-0.4, -0.2) is 17.6 Å². The number of ether oxygens (including phenoxy) is 1. The molecule has 1 aromatic carbocycles. The van der Waals surface area contributed by atoms with Gasteiger partial charge in [0.15, 0.2) is 0 Å². The first-order chi connectivity index (χ1) is 9.11. The van der Waals surface area contributed by atoms with Gasteiger partial charge in [-0.05, 0) is 19.1 Å². The summed E-state index contributed by atoms with van der Waals surface area (Å²) in [5.74, 6) is 0.814. The highest BCUT2D eigenvalue weighted by Gasteiger charge is 2.15. The average Bonchev–Trinajstić information content (AvgIpc) is 2.85. The van der Waals surface area contributed by atoms with Gasteiger partial charge in [-0.2, -0.15) is 0 Å². The molecule has 1 aromatic heterocycles. The maximum Gasteiger partial charge on any atom is 0.316 e. The lowest BCUT2D eigenvalue weighted by Crippen LogP contribution is -2.19. The van der Waals surface area contributed by atoms with Gasteiger partial charge in [0.1, 0.15) is 12.0 Å². The second-order valence-corrected chi connectivity index (χ2v) is 3.99. The zero-order valence-electron chi connectivity index (χ0n) is 10.1. The van der Waals surface area contributed by atoms with Gasteiger partial charge in [0.2, 0.25) is 5.89 Å². The fourth-order valence-corrected chi connectivity index (χ4v) is 1.81. The maximum atomic E-state index is 11.0. The fraction of sp³-hybridized carbons (Fsp3) is 0.167. The number of hydrogen-bond donors (Lipinski definition) is 2. The summed E-state index contributed by atoms with van der Waals surface area (Å²) in [6.07, 6.45) is 2.93. The van der Waals surface area contributed by atoms with Crippen LogP contribution in [0.15, 0.2) is 29.0 Å². The Kier molecular flexibility index (Phi) is 3.91. The number of nitrogens with zero attached hydrogens (tertiary/aromatic N) is 1. The van der Waals surface area contributed by atoms with Gasteiger partial charge in [0.05, 0.1) is 29.1 Å². The molecule has 2 rings (SSSR count). The monoisotopic (exact) mass is 281 g/mol. The van der Waals surface area contributed by atoms with Crippen LogP contribution in [0.5, 0.6) is 5.75 Å². The molecule has 0 fully saturated rings. The minimum Gasteiger partial charge on any atom is -0.492 e. The van der Waals surface area contributed by atoms with Crippen LogP contribution >= 0.6 is 11.6 Å². The molecule has 0 spiro atoms. The van der Waals surface area contributed by atoms with Crippen molar-refractivity contribution in [2.45, 2.75) is 6.92 Å². The van der Waals surface area contributed by atoms with Gasteiger partial charge in [-0.3, -0.25) is 0 Å². The lowest BCUT2D eigenvalue weighted by Gasteiger charge is -2.12. The van der Waals surface area contributed by atoms with Crippen molar-refractivity contribution in [1.82, 2.24) is 4.98 Å². The second-order valence-electron chi connectivity index (χ2n) is 3.59. The summed E-state index contributed by atoms with van der Waals surface area (Å²) in [5, 5.41) is 2.83. The molecule has 2 amide bonds. The number of anilines is 1. The summed E-state index contributed by atoms with van der Waals surface area (Å²) >= 11 is 6.06. The number of hydrogen-bond acceptors (Lipinski definition) is 4. The molecule has 0 radical (unpaired) electrons. The van der Waals surface area contributed by atoms with Crippen LogP contribution in [0.4, 0.5) is 10.5 Å². The van der Waals surface area contributed by atoms with Crippen LogP contribution in [0.3, 0.4) is 0 Å². The summed E-state index contributed by atoms with van der Waals surface area (Å²) < 4.78 is 10.6. The Morgan fingerprint density at radius 3 is 2.95 bits per heavy atom. The number of oxazole rings is 1. The SMILES string of the molecule is CCOc1cc(-c2ncco2)c(NC(N)=O)cc1Cl. The van der Waals surface area contributed by atoms with Crippen LogP contribution in [-0.2, 0) is 0 Å². The smallest absolute Gasteiger partial charge is 0.316 e. The lowest BCUT2D eigenvalue weighted by molar-refractivity contribution is 0.259. The molecule has 0 saturated carbocycles. The van der Waals surface area contributed by atoms with Crippen molar-refractivity contribution in [3.05, 3.63) is 29.6 Å². The first-order valence-electron chi connectivity index (χ1n) is 5.54. The number of nitrogens with one attached hydrogen (secondary N) is 1. The van der Waals surface area contributed by atoms with E-state index in [-0.39, 0.29) is 0 Å². The number of aromatic nitrogens is 1. The average molecular weight is 282 g/mol. The molecular weight excluding hydrogens is 270 g/mol. The molecule has 0 aliphatic heterocycles. The molecule has 0 unspecified atom stereocenters. The van der Waals surface area contributed by atoms with Crippen LogP contribution in [0.1, 0.15) is 6.92 Å². The molecule has 3 N–H and O–H groups in total. The second kappa shape index (κ2) is 5.62. The number of halogens is 1. The van der Waals surface area contributed by atoms with Gasteiger partial charge in [0, 0.05) is 0 Å². The number of nitrogens with two attached hydrogens (primary N) is 1. The fourth-order valence-electron chi connectivity index (χ4n) is 1.59. The third kappa shape index (κ3) is 2.97. The molecule has 0 saturated heterocycles. The molecule has 0 aliphatic rings. The standard InChI is InChI=1S/C12H12ClN3O3/c1-2-18-10-5-7(11-15-3-4-19-11)9(6-8(10)13)16-12(14)17/h3-6H,2H2,1H3,(H3,14,16,17). The first kappa shape index (κ1) is 13.2. The highest BCUT2D eigenvalue weighted by Crippen LogP contribution is 2.36. The van der Waals surface area contributed by atoms with Crippen molar-refractivity contribution < 1.29 is 13.9 Å². The van der Waals surface area contributed by atoms with E-state index >= 15 is 0 Å². The number of primary amides is 1. The molecule has 0 bridgehead atoms. The van der Waals surface area contributed by atoms with Crippen molar-refractivity contribution in [2.75, 3.05) is 11.9 Å². The van der Waals surface area contributed by atoms with Gasteiger partial charge >= 0.3 is 6.03 Å². The normalized spacial score (nSPS) is 10.2. The Morgan fingerprint density at radius 2 is 2.37 bits per heavy atom. The van der Waals surface area contributed by atoms with E-state index in [1.54, 1.807) is 6.07 Å². The summed E-state index contributed by atoms with van der Waals surface area (Å²) in [4.78, 5) is 15.0. The van der Waals surface area contributed by atoms with E-state index in [0.29, 0.717) is 34.5 Å². The van der Waals surface area contributed by atoms with E-state index < -0.39 is 6.03 Å². The van der Waals surface area contributed by atoms with Gasteiger partial charge in [-0.25, -0.2) is 9.78 Å². The summed E-state index contributed by atoms with van der Waals surface area (Å²) in [7, 11) is 0. The molecule has 7 heteroatoms. The van der Waals surface area contributed by atoms with Crippen molar-refractivity contribution in [3.8, 4) is 17.2 Å². The van der Waals surface area contributed by atoms with Gasteiger partial charge in [-0.1, -0.05) is 11.6 Å².